The number of ether oxygens (including phenoxy) is 2. The first kappa shape index (κ1) is 24.8. The van der Waals surface area contributed by atoms with E-state index in [1.807, 2.05) is 19.1 Å². The molecule has 186 valence electrons. The van der Waals surface area contributed by atoms with Crippen LogP contribution in [0.15, 0.2) is 34.7 Å². The Kier molecular flexibility index (Phi) is 8.32. The zero-order valence-electron chi connectivity index (χ0n) is 21.2. The first-order chi connectivity index (χ1) is 16.5. The summed E-state index contributed by atoms with van der Waals surface area (Å²) in [5, 5.41) is 0. The molecule has 6 heteroatoms. The maximum atomic E-state index is 13.4. The molecule has 2 heterocycles. The van der Waals surface area contributed by atoms with Crippen LogP contribution >= 0.6 is 0 Å². The van der Waals surface area contributed by atoms with E-state index in [-0.39, 0.29) is 11.8 Å². The fourth-order valence-corrected chi connectivity index (χ4v) is 5.75. The lowest BCUT2D eigenvalue weighted by molar-refractivity contribution is -0.136. The van der Waals surface area contributed by atoms with Crippen molar-refractivity contribution in [1.82, 2.24) is 9.80 Å². The van der Waals surface area contributed by atoms with E-state index < -0.39 is 0 Å². The molecule has 0 radical (unpaired) electrons. The van der Waals surface area contributed by atoms with Crippen LogP contribution in [0.3, 0.4) is 0 Å². The number of hydrogen-bond donors (Lipinski definition) is 0. The van der Waals surface area contributed by atoms with Gasteiger partial charge in [-0.1, -0.05) is 31.0 Å². The predicted molar refractivity (Wildman–Crippen MR) is 133 cm³/mol. The van der Waals surface area contributed by atoms with Crippen molar-refractivity contribution in [3.8, 4) is 5.75 Å². The van der Waals surface area contributed by atoms with Gasteiger partial charge in [-0.05, 0) is 55.9 Å². The van der Waals surface area contributed by atoms with Gasteiger partial charge < -0.3 is 18.8 Å². The molecule has 4 rings (SSSR count). The number of rotatable bonds is 10. The van der Waals surface area contributed by atoms with Crippen LogP contribution in [-0.4, -0.2) is 62.7 Å². The summed E-state index contributed by atoms with van der Waals surface area (Å²) in [7, 11) is 3.45. The molecular weight excluding hydrogens is 428 g/mol. The van der Waals surface area contributed by atoms with Crippen LogP contribution in [-0.2, 0) is 16.1 Å². The van der Waals surface area contributed by atoms with Crippen molar-refractivity contribution >= 4 is 5.91 Å². The van der Waals surface area contributed by atoms with Crippen LogP contribution in [0.5, 0.6) is 5.75 Å². The van der Waals surface area contributed by atoms with E-state index in [4.69, 9.17) is 13.9 Å². The Balaban J connectivity index is 1.56. The van der Waals surface area contributed by atoms with Crippen molar-refractivity contribution in [3.05, 3.63) is 53.0 Å². The topological polar surface area (TPSA) is 55.1 Å². The molecule has 0 N–H and O–H groups in total. The molecular formula is C28H40N2O4. The summed E-state index contributed by atoms with van der Waals surface area (Å²) in [5.41, 5.74) is 2.42. The van der Waals surface area contributed by atoms with Gasteiger partial charge in [-0.25, -0.2) is 0 Å². The molecule has 2 atom stereocenters. The molecule has 34 heavy (non-hydrogen) atoms. The van der Waals surface area contributed by atoms with Gasteiger partial charge in [0, 0.05) is 45.1 Å². The van der Waals surface area contributed by atoms with Gasteiger partial charge in [0.1, 0.15) is 17.3 Å². The molecule has 1 aromatic heterocycles. The highest BCUT2D eigenvalue weighted by molar-refractivity contribution is 5.79. The molecule has 1 aromatic carbocycles. The van der Waals surface area contributed by atoms with Gasteiger partial charge in [-0.15, -0.1) is 0 Å². The van der Waals surface area contributed by atoms with Gasteiger partial charge in [0.15, 0.2) is 0 Å². The summed E-state index contributed by atoms with van der Waals surface area (Å²) < 4.78 is 17.1. The molecule has 0 bridgehead atoms. The van der Waals surface area contributed by atoms with Crippen molar-refractivity contribution in [3.63, 3.8) is 0 Å². The third kappa shape index (κ3) is 5.66. The first-order valence-corrected chi connectivity index (χ1v) is 12.7. The third-order valence-electron chi connectivity index (χ3n) is 7.69. The highest BCUT2D eigenvalue weighted by atomic mass is 16.5. The summed E-state index contributed by atoms with van der Waals surface area (Å²) in [4.78, 5) is 18.0. The maximum Gasteiger partial charge on any atom is 0.225 e. The molecule has 1 saturated heterocycles. The number of benzene rings is 1. The highest BCUT2D eigenvalue weighted by Crippen LogP contribution is 2.39. The minimum Gasteiger partial charge on any atom is -0.496 e. The number of furan rings is 1. The number of para-hydroxylation sites is 1. The van der Waals surface area contributed by atoms with Crippen molar-refractivity contribution in [2.45, 2.75) is 52.0 Å². The molecule has 1 aliphatic carbocycles. The Morgan fingerprint density at radius 2 is 1.91 bits per heavy atom. The lowest BCUT2D eigenvalue weighted by Crippen LogP contribution is -2.42. The maximum absolute atomic E-state index is 13.4. The number of methoxy groups -OCH3 is 2. The molecule has 0 spiro atoms. The van der Waals surface area contributed by atoms with Gasteiger partial charge in [0.2, 0.25) is 5.91 Å². The standard InChI is InChI=1S/C28H40N2O4/c1-20-15-24(34-21(20)2)18-29-16-23(26(19-29)25-11-7-8-12-27(25)33-4)17-30(13-14-32-3)28(31)22-9-5-6-10-22/h7-8,11-12,15,22-23,26H,5-6,9-10,13-14,16-19H2,1-4H3. The van der Waals surface area contributed by atoms with Crippen LogP contribution in [0.25, 0.3) is 0 Å². The number of likely N-dealkylation sites (tertiary alicyclic amines) is 1. The van der Waals surface area contributed by atoms with E-state index in [0.717, 1.165) is 69.1 Å². The fraction of sp³-hybridized carbons (Fsp3) is 0.607. The first-order valence-electron chi connectivity index (χ1n) is 12.7. The molecule has 1 amide bonds. The SMILES string of the molecule is COCCN(CC1CN(Cc2cc(C)c(C)o2)CC1c1ccccc1OC)C(=O)C1CCCC1. The minimum atomic E-state index is 0.174. The molecule has 1 aliphatic heterocycles. The van der Waals surface area contributed by atoms with Crippen LogP contribution in [0, 0.1) is 25.7 Å². The predicted octanol–water partition coefficient (Wildman–Crippen LogP) is 4.79. The molecule has 2 unspecified atom stereocenters. The summed E-state index contributed by atoms with van der Waals surface area (Å²) in [6.45, 7) is 8.69. The number of amides is 1. The average Bonchev–Trinajstić information content (AvgIpc) is 3.57. The van der Waals surface area contributed by atoms with E-state index in [1.54, 1.807) is 14.2 Å². The van der Waals surface area contributed by atoms with Crippen molar-refractivity contribution < 1.29 is 18.7 Å². The largest absolute Gasteiger partial charge is 0.496 e. The number of nitrogens with zero attached hydrogens (tertiary/aromatic N) is 2. The summed E-state index contributed by atoms with van der Waals surface area (Å²) in [5.74, 6) is 4.00. The van der Waals surface area contributed by atoms with Crippen molar-refractivity contribution in [2.24, 2.45) is 11.8 Å². The molecule has 6 nitrogen and oxygen atoms in total. The van der Waals surface area contributed by atoms with Gasteiger partial charge in [0.25, 0.3) is 0 Å². The second-order valence-electron chi connectivity index (χ2n) is 10.0. The van der Waals surface area contributed by atoms with Gasteiger partial charge in [-0.3, -0.25) is 9.69 Å². The molecule has 2 aromatic rings. The molecule has 1 saturated carbocycles. The monoisotopic (exact) mass is 468 g/mol. The Morgan fingerprint density at radius 3 is 2.59 bits per heavy atom. The Morgan fingerprint density at radius 1 is 1.15 bits per heavy atom. The van der Waals surface area contributed by atoms with E-state index in [2.05, 4.69) is 34.9 Å². The van der Waals surface area contributed by atoms with E-state index in [9.17, 15) is 4.79 Å². The summed E-state index contributed by atoms with van der Waals surface area (Å²) in [6, 6.07) is 10.5. The summed E-state index contributed by atoms with van der Waals surface area (Å²) >= 11 is 0. The second kappa shape index (κ2) is 11.4. The Bertz CT molecular complexity index is 930. The Hall–Kier alpha value is -2.31. The van der Waals surface area contributed by atoms with Crippen molar-refractivity contribution in [2.75, 3.05) is 47.0 Å². The van der Waals surface area contributed by atoms with E-state index >= 15 is 0 Å². The van der Waals surface area contributed by atoms with Crippen LogP contribution in [0.4, 0.5) is 0 Å². The fourth-order valence-electron chi connectivity index (χ4n) is 5.75. The van der Waals surface area contributed by atoms with E-state index in [0.29, 0.717) is 25.0 Å². The number of carbonyl (C=O) groups excluding carboxylic acids is 1. The molecule has 2 aliphatic rings. The van der Waals surface area contributed by atoms with Crippen LogP contribution in [0.1, 0.15) is 54.2 Å². The number of aryl methyl sites for hydroxylation is 2. The number of carbonyl (C=O) groups is 1. The third-order valence-corrected chi connectivity index (χ3v) is 7.69. The van der Waals surface area contributed by atoms with Crippen LogP contribution in [0.2, 0.25) is 0 Å². The Labute approximate surface area is 204 Å². The molecule has 2 fully saturated rings. The summed E-state index contributed by atoms with van der Waals surface area (Å²) in [6.07, 6.45) is 4.37. The van der Waals surface area contributed by atoms with Gasteiger partial charge >= 0.3 is 0 Å². The van der Waals surface area contributed by atoms with Crippen molar-refractivity contribution in [1.29, 1.82) is 0 Å². The lowest BCUT2D eigenvalue weighted by atomic mass is 9.87. The quantitative estimate of drug-likeness (QED) is 0.502. The number of hydrogen-bond acceptors (Lipinski definition) is 5. The smallest absolute Gasteiger partial charge is 0.225 e. The van der Waals surface area contributed by atoms with E-state index in [1.165, 1.54) is 11.1 Å². The highest BCUT2D eigenvalue weighted by Gasteiger charge is 2.38. The van der Waals surface area contributed by atoms with Crippen LogP contribution < -0.4 is 4.74 Å². The van der Waals surface area contributed by atoms with Gasteiger partial charge in [-0.2, -0.15) is 0 Å². The average molecular weight is 469 g/mol. The zero-order chi connectivity index (χ0) is 24.1. The second-order valence-corrected chi connectivity index (χ2v) is 10.0. The lowest BCUT2D eigenvalue weighted by Gasteiger charge is -2.30. The van der Waals surface area contributed by atoms with Gasteiger partial charge in [0.05, 0.1) is 20.3 Å². The zero-order valence-corrected chi connectivity index (χ0v) is 21.2. The minimum absolute atomic E-state index is 0.174. The normalized spacial score (nSPS) is 21.3.